The molecule has 32 heavy (non-hydrogen) atoms. The second-order valence-corrected chi connectivity index (χ2v) is 7.65. The third kappa shape index (κ3) is 5.75. The van der Waals surface area contributed by atoms with Crippen molar-refractivity contribution in [3.63, 3.8) is 0 Å². The van der Waals surface area contributed by atoms with Gasteiger partial charge in [-0.3, -0.25) is 4.79 Å². The Balaban J connectivity index is 1.35. The molecule has 3 aromatic rings. The molecule has 2 aromatic carbocycles. The molecular formula is C25H28N4O3. The van der Waals surface area contributed by atoms with Gasteiger partial charge in [0.15, 0.2) is 12.4 Å². The number of aromatic nitrogens is 2. The Morgan fingerprint density at radius 3 is 2.47 bits per heavy atom. The van der Waals surface area contributed by atoms with Crippen molar-refractivity contribution in [1.29, 1.82) is 0 Å². The van der Waals surface area contributed by atoms with Crippen molar-refractivity contribution < 1.29 is 14.3 Å². The predicted octanol–water partition coefficient (Wildman–Crippen LogP) is 4.55. The largest absolute Gasteiger partial charge is 0.494 e. The first kappa shape index (κ1) is 21.6. The molecule has 0 radical (unpaired) electrons. The van der Waals surface area contributed by atoms with Crippen LogP contribution in [0.2, 0.25) is 0 Å². The fourth-order valence-electron chi connectivity index (χ4n) is 3.69. The fourth-order valence-corrected chi connectivity index (χ4v) is 3.69. The van der Waals surface area contributed by atoms with E-state index in [0.717, 1.165) is 30.2 Å². The normalized spacial score (nSPS) is 13.5. The maximum Gasteiger partial charge on any atom is 0.262 e. The molecule has 7 heteroatoms. The first-order valence-corrected chi connectivity index (χ1v) is 11.1. The second kappa shape index (κ2) is 10.6. The van der Waals surface area contributed by atoms with Crippen molar-refractivity contribution in [2.45, 2.75) is 26.2 Å². The number of nitrogens with one attached hydrogen (secondary N) is 1. The van der Waals surface area contributed by atoms with Crippen LogP contribution < -0.4 is 19.7 Å². The monoisotopic (exact) mass is 432 g/mol. The van der Waals surface area contributed by atoms with E-state index in [1.807, 2.05) is 55.5 Å². The van der Waals surface area contributed by atoms with Crippen molar-refractivity contribution in [3.8, 4) is 22.8 Å². The van der Waals surface area contributed by atoms with Crippen molar-refractivity contribution in [2.75, 3.05) is 36.5 Å². The third-order valence-electron chi connectivity index (χ3n) is 5.26. The summed E-state index contributed by atoms with van der Waals surface area (Å²) in [5, 5.41) is 11.7. The van der Waals surface area contributed by atoms with Gasteiger partial charge in [-0.25, -0.2) is 0 Å². The summed E-state index contributed by atoms with van der Waals surface area (Å²) in [5.41, 5.74) is 2.35. The molecule has 1 aromatic heterocycles. The minimum atomic E-state index is -0.240. The Bertz CT molecular complexity index is 1030. The third-order valence-corrected chi connectivity index (χ3v) is 5.26. The number of carbonyl (C=O) groups excluding carboxylic acids is 1. The average molecular weight is 433 g/mol. The maximum atomic E-state index is 12.4. The summed E-state index contributed by atoms with van der Waals surface area (Å²) in [5.74, 6) is 1.98. The van der Waals surface area contributed by atoms with E-state index in [2.05, 4.69) is 20.4 Å². The summed E-state index contributed by atoms with van der Waals surface area (Å²) in [6, 6.07) is 18.8. The summed E-state index contributed by atoms with van der Waals surface area (Å²) in [7, 11) is 0. The topological polar surface area (TPSA) is 76.6 Å². The van der Waals surface area contributed by atoms with Crippen LogP contribution in [0.15, 0.2) is 60.7 Å². The zero-order valence-corrected chi connectivity index (χ0v) is 18.3. The highest BCUT2D eigenvalue weighted by atomic mass is 16.5. The lowest BCUT2D eigenvalue weighted by atomic mass is 10.1. The summed E-state index contributed by atoms with van der Waals surface area (Å²) in [4.78, 5) is 14.6. The van der Waals surface area contributed by atoms with E-state index >= 15 is 0 Å². The van der Waals surface area contributed by atoms with Crippen molar-refractivity contribution in [1.82, 2.24) is 10.2 Å². The van der Waals surface area contributed by atoms with Crippen LogP contribution in [0.5, 0.6) is 11.5 Å². The number of hydrogen-bond acceptors (Lipinski definition) is 6. The van der Waals surface area contributed by atoms with Gasteiger partial charge in [0, 0.05) is 30.4 Å². The number of carbonyl (C=O) groups is 1. The number of rotatable bonds is 8. The Labute approximate surface area is 188 Å². The van der Waals surface area contributed by atoms with Gasteiger partial charge in [-0.05, 0) is 62.6 Å². The molecule has 0 bridgehead atoms. The number of piperidine rings is 1. The first-order valence-electron chi connectivity index (χ1n) is 11.1. The highest BCUT2D eigenvalue weighted by Gasteiger charge is 2.13. The highest BCUT2D eigenvalue weighted by molar-refractivity contribution is 5.92. The molecule has 4 rings (SSSR count). The number of hydrogen-bond donors (Lipinski definition) is 1. The second-order valence-electron chi connectivity index (χ2n) is 7.65. The molecule has 0 atom stereocenters. The smallest absolute Gasteiger partial charge is 0.262 e. The number of ether oxygens (including phenoxy) is 2. The van der Waals surface area contributed by atoms with Crippen LogP contribution >= 0.6 is 0 Å². The number of nitrogens with zero attached hydrogens (tertiary/aromatic N) is 3. The van der Waals surface area contributed by atoms with Crippen LogP contribution in [0.1, 0.15) is 26.2 Å². The molecular weight excluding hydrogens is 404 g/mol. The zero-order chi connectivity index (χ0) is 22.2. The average Bonchev–Trinajstić information content (AvgIpc) is 2.84. The van der Waals surface area contributed by atoms with Crippen LogP contribution in [-0.4, -0.2) is 42.4 Å². The maximum absolute atomic E-state index is 12.4. The van der Waals surface area contributed by atoms with Crippen LogP contribution in [0.3, 0.4) is 0 Å². The van der Waals surface area contributed by atoms with Crippen LogP contribution in [0.4, 0.5) is 11.5 Å². The van der Waals surface area contributed by atoms with Crippen molar-refractivity contribution >= 4 is 17.4 Å². The van der Waals surface area contributed by atoms with Gasteiger partial charge in [-0.2, -0.15) is 0 Å². The van der Waals surface area contributed by atoms with Gasteiger partial charge in [0.05, 0.1) is 12.3 Å². The van der Waals surface area contributed by atoms with Gasteiger partial charge in [0.25, 0.3) is 5.91 Å². The Morgan fingerprint density at radius 2 is 1.72 bits per heavy atom. The van der Waals surface area contributed by atoms with Crippen LogP contribution in [0.25, 0.3) is 11.3 Å². The van der Waals surface area contributed by atoms with E-state index in [4.69, 9.17) is 9.47 Å². The van der Waals surface area contributed by atoms with E-state index in [-0.39, 0.29) is 12.5 Å². The minimum Gasteiger partial charge on any atom is -0.494 e. The molecule has 2 heterocycles. The number of anilines is 2. The van der Waals surface area contributed by atoms with Gasteiger partial charge in [0.1, 0.15) is 11.5 Å². The van der Waals surface area contributed by atoms with Gasteiger partial charge < -0.3 is 19.7 Å². The quantitative estimate of drug-likeness (QED) is 0.563. The Morgan fingerprint density at radius 1 is 0.938 bits per heavy atom. The fraction of sp³-hybridized carbons (Fsp3) is 0.320. The predicted molar refractivity (Wildman–Crippen MR) is 125 cm³/mol. The standard InChI is InChI=1S/C25H28N4O3/c1-2-31-21-10-7-11-22(17-21)32-18-25(30)26-20-9-6-8-19(16-20)23-12-13-24(28-27-23)29-14-4-3-5-15-29/h6-13,16-17H,2-5,14-15,18H2,1H3,(H,26,30). The summed E-state index contributed by atoms with van der Waals surface area (Å²) >= 11 is 0. The van der Waals surface area contributed by atoms with Gasteiger partial charge in [0.2, 0.25) is 0 Å². The van der Waals surface area contributed by atoms with E-state index in [1.54, 1.807) is 12.1 Å². The molecule has 1 aliphatic rings. The van der Waals surface area contributed by atoms with Crippen molar-refractivity contribution in [2.24, 2.45) is 0 Å². The zero-order valence-electron chi connectivity index (χ0n) is 18.3. The lowest BCUT2D eigenvalue weighted by Gasteiger charge is -2.27. The molecule has 1 N–H and O–H groups in total. The summed E-state index contributed by atoms with van der Waals surface area (Å²) in [6.07, 6.45) is 3.69. The summed E-state index contributed by atoms with van der Waals surface area (Å²) in [6.45, 7) is 4.47. The lowest BCUT2D eigenvalue weighted by molar-refractivity contribution is -0.118. The van der Waals surface area contributed by atoms with E-state index < -0.39 is 0 Å². The van der Waals surface area contributed by atoms with E-state index in [0.29, 0.717) is 23.8 Å². The summed E-state index contributed by atoms with van der Waals surface area (Å²) < 4.78 is 11.0. The van der Waals surface area contributed by atoms with E-state index in [9.17, 15) is 4.79 Å². The molecule has 0 aliphatic carbocycles. The molecule has 0 spiro atoms. The number of amides is 1. The number of benzene rings is 2. The molecule has 7 nitrogen and oxygen atoms in total. The minimum absolute atomic E-state index is 0.0931. The Kier molecular flexibility index (Phi) is 7.17. The van der Waals surface area contributed by atoms with Crippen molar-refractivity contribution in [3.05, 3.63) is 60.7 Å². The van der Waals surface area contributed by atoms with Gasteiger partial charge >= 0.3 is 0 Å². The molecule has 1 aliphatic heterocycles. The molecule has 1 fully saturated rings. The van der Waals surface area contributed by atoms with Gasteiger partial charge in [-0.15, -0.1) is 10.2 Å². The molecule has 1 saturated heterocycles. The molecule has 1 amide bonds. The SMILES string of the molecule is CCOc1cccc(OCC(=O)Nc2cccc(-c3ccc(N4CCCCC4)nn3)c2)c1. The molecule has 0 saturated carbocycles. The molecule has 166 valence electrons. The highest BCUT2D eigenvalue weighted by Crippen LogP contribution is 2.23. The molecule has 0 unspecified atom stereocenters. The van der Waals surface area contributed by atoms with Crippen LogP contribution in [-0.2, 0) is 4.79 Å². The van der Waals surface area contributed by atoms with Gasteiger partial charge in [-0.1, -0.05) is 18.2 Å². The van der Waals surface area contributed by atoms with Crippen LogP contribution in [0, 0.1) is 0 Å². The Hall–Kier alpha value is -3.61. The lowest BCUT2D eigenvalue weighted by Crippen LogP contribution is -2.30. The van der Waals surface area contributed by atoms with E-state index in [1.165, 1.54) is 19.3 Å². The first-order chi connectivity index (χ1) is 15.7.